The Balaban J connectivity index is 1.36. The van der Waals surface area contributed by atoms with Gasteiger partial charge in [-0.3, -0.25) is 9.69 Å². The number of carbonyl (C=O) groups excluding carboxylic acids is 2. The first-order valence-electron chi connectivity index (χ1n) is 13.3. The fourth-order valence-corrected chi connectivity index (χ4v) is 5.40. The molecule has 2 bridgehead atoms. The van der Waals surface area contributed by atoms with E-state index in [1.54, 1.807) is 11.0 Å². The summed E-state index contributed by atoms with van der Waals surface area (Å²) in [4.78, 5) is 29.9. The molecular weight excluding hydrogens is 487 g/mol. The molecule has 0 radical (unpaired) electrons. The van der Waals surface area contributed by atoms with E-state index < -0.39 is 30.8 Å². The summed E-state index contributed by atoms with van der Waals surface area (Å²) in [5.74, 6) is -1.32. The Labute approximate surface area is 224 Å². The number of morpholine rings is 1. The number of alkyl carbamates (subject to hydrolysis) is 1. The number of ether oxygens (including phenoxy) is 2. The maximum absolute atomic E-state index is 13.4. The lowest BCUT2D eigenvalue weighted by Gasteiger charge is -2.51. The molecule has 11 heteroatoms. The molecule has 204 valence electrons. The van der Waals surface area contributed by atoms with Crippen molar-refractivity contribution in [2.45, 2.75) is 75.7 Å². The predicted molar refractivity (Wildman–Crippen MR) is 141 cm³/mol. The van der Waals surface area contributed by atoms with Crippen LogP contribution in [0.15, 0.2) is 42.0 Å². The van der Waals surface area contributed by atoms with E-state index in [9.17, 15) is 24.9 Å². The zero-order valence-corrected chi connectivity index (χ0v) is 22.1. The second-order valence-corrected chi connectivity index (χ2v) is 11.0. The predicted octanol–water partition coefficient (Wildman–Crippen LogP) is 1.42. The average molecular weight is 524 g/mol. The number of rotatable bonds is 8. The van der Waals surface area contributed by atoms with Crippen LogP contribution in [-0.2, 0) is 20.7 Å². The van der Waals surface area contributed by atoms with Crippen molar-refractivity contribution < 1.29 is 29.1 Å². The summed E-state index contributed by atoms with van der Waals surface area (Å²) in [7, 11) is -1.76. The molecule has 4 saturated heterocycles. The standard InChI is InChI=1S/C27H37BN4O6/c1-27(2,32-17-22-13-23(18-32)37-22)14-20(15-29)25(33)31-11-7-6-10-21(16-31)38-26(34)30-24(28(35)36)12-19-8-4-3-5-9-19/h3-5,8-9,14,21-24,35-36H,6-7,10-13,16-18H2,1-2H3,(H,30,34)/b20-14+/t21-,22?,23?,24+/m1/s1. The van der Waals surface area contributed by atoms with Gasteiger partial charge in [-0.1, -0.05) is 30.3 Å². The van der Waals surface area contributed by atoms with E-state index in [0.717, 1.165) is 37.9 Å². The number of nitrogens with one attached hydrogen (secondary N) is 1. The van der Waals surface area contributed by atoms with Crippen molar-refractivity contribution in [2.24, 2.45) is 0 Å². The summed E-state index contributed by atoms with van der Waals surface area (Å²) >= 11 is 0. The second-order valence-electron chi connectivity index (χ2n) is 11.0. The van der Waals surface area contributed by atoms with E-state index in [1.165, 1.54) is 0 Å². The lowest BCUT2D eigenvalue weighted by atomic mass is 9.76. The Kier molecular flexibility index (Phi) is 9.10. The zero-order valence-electron chi connectivity index (χ0n) is 22.1. The van der Waals surface area contributed by atoms with Gasteiger partial charge in [-0.25, -0.2) is 4.79 Å². The van der Waals surface area contributed by atoms with Gasteiger partial charge < -0.3 is 29.7 Å². The first-order valence-corrected chi connectivity index (χ1v) is 13.3. The number of likely N-dealkylation sites (tertiary alicyclic amines) is 1. The highest BCUT2D eigenvalue weighted by Crippen LogP contribution is 2.33. The summed E-state index contributed by atoms with van der Waals surface area (Å²) in [5, 5.41) is 31.9. The molecule has 0 saturated carbocycles. The van der Waals surface area contributed by atoms with Gasteiger partial charge in [0, 0.05) is 31.6 Å². The number of carbonyl (C=O) groups is 2. The Morgan fingerprint density at radius 3 is 2.55 bits per heavy atom. The van der Waals surface area contributed by atoms with Crippen molar-refractivity contribution in [3.8, 4) is 6.07 Å². The van der Waals surface area contributed by atoms with Crippen LogP contribution in [0.4, 0.5) is 4.79 Å². The largest absolute Gasteiger partial charge is 0.475 e. The number of amides is 2. The van der Waals surface area contributed by atoms with Crippen LogP contribution in [0.5, 0.6) is 0 Å². The summed E-state index contributed by atoms with van der Waals surface area (Å²) < 4.78 is 11.3. The van der Waals surface area contributed by atoms with Crippen molar-refractivity contribution >= 4 is 19.1 Å². The van der Waals surface area contributed by atoms with Gasteiger partial charge in [-0.15, -0.1) is 0 Å². The monoisotopic (exact) mass is 524 g/mol. The van der Waals surface area contributed by atoms with Crippen LogP contribution < -0.4 is 5.32 Å². The zero-order chi connectivity index (χ0) is 27.3. The maximum atomic E-state index is 13.4. The Morgan fingerprint density at radius 2 is 1.92 bits per heavy atom. The van der Waals surface area contributed by atoms with Crippen LogP contribution in [0.25, 0.3) is 0 Å². The SMILES string of the molecule is CC(C)(/C=C(\C#N)C(=O)N1CCCC[C@@H](OC(=O)N[C@@H](Cc2ccccc2)B(O)O)C1)N1CC2CC(C1)O2. The third kappa shape index (κ3) is 7.14. The fourth-order valence-electron chi connectivity index (χ4n) is 5.40. The highest BCUT2D eigenvalue weighted by Gasteiger charge is 2.43. The second kappa shape index (κ2) is 12.3. The molecular formula is C27H37BN4O6. The Bertz CT molecular complexity index is 1040. The van der Waals surface area contributed by atoms with Crippen molar-refractivity contribution in [2.75, 3.05) is 26.2 Å². The summed E-state index contributed by atoms with van der Waals surface area (Å²) in [6.07, 6.45) is 4.16. The van der Waals surface area contributed by atoms with E-state index in [0.29, 0.717) is 13.0 Å². The minimum Gasteiger partial charge on any atom is -0.444 e. The van der Waals surface area contributed by atoms with Gasteiger partial charge in [0.15, 0.2) is 0 Å². The van der Waals surface area contributed by atoms with E-state index in [-0.39, 0.29) is 36.7 Å². The molecule has 10 nitrogen and oxygen atoms in total. The molecule has 1 aromatic carbocycles. The normalized spacial score (nSPS) is 24.9. The third-order valence-corrected chi connectivity index (χ3v) is 7.57. The summed E-state index contributed by atoms with van der Waals surface area (Å²) in [6.45, 7) is 6.18. The quantitative estimate of drug-likeness (QED) is 0.264. The molecule has 2 amide bonds. The van der Waals surface area contributed by atoms with E-state index in [4.69, 9.17) is 9.47 Å². The van der Waals surface area contributed by atoms with Crippen molar-refractivity contribution in [3.05, 3.63) is 47.5 Å². The van der Waals surface area contributed by atoms with Gasteiger partial charge in [0.25, 0.3) is 5.91 Å². The minimum atomic E-state index is -1.76. The Morgan fingerprint density at radius 1 is 1.24 bits per heavy atom. The molecule has 3 N–H and O–H groups in total. The molecule has 4 aliphatic heterocycles. The number of benzene rings is 1. The first kappa shape index (κ1) is 28.1. The summed E-state index contributed by atoms with van der Waals surface area (Å²) in [5.41, 5.74) is 0.429. The minimum absolute atomic E-state index is 0.0756. The van der Waals surface area contributed by atoms with Crippen LogP contribution in [0.3, 0.4) is 0 Å². The molecule has 0 spiro atoms. The maximum Gasteiger partial charge on any atom is 0.475 e. The third-order valence-electron chi connectivity index (χ3n) is 7.57. The smallest absolute Gasteiger partial charge is 0.444 e. The molecule has 4 aliphatic rings. The molecule has 4 fully saturated rings. The molecule has 0 aromatic heterocycles. The van der Waals surface area contributed by atoms with Crippen LogP contribution >= 0.6 is 0 Å². The van der Waals surface area contributed by atoms with E-state index in [2.05, 4.69) is 16.3 Å². The van der Waals surface area contributed by atoms with Gasteiger partial charge in [-0.2, -0.15) is 5.26 Å². The highest BCUT2D eigenvalue weighted by molar-refractivity contribution is 6.43. The van der Waals surface area contributed by atoms with Gasteiger partial charge in [0.05, 0.1) is 24.7 Å². The van der Waals surface area contributed by atoms with Crippen LogP contribution in [0, 0.1) is 11.3 Å². The lowest BCUT2D eigenvalue weighted by Crippen LogP contribution is -2.62. The lowest BCUT2D eigenvalue weighted by molar-refractivity contribution is -0.192. The van der Waals surface area contributed by atoms with Crippen molar-refractivity contribution in [1.29, 1.82) is 5.26 Å². The number of piperidine rings is 1. The van der Waals surface area contributed by atoms with Gasteiger partial charge in [0.1, 0.15) is 17.7 Å². The first-order chi connectivity index (χ1) is 18.1. The van der Waals surface area contributed by atoms with Gasteiger partial charge in [0.2, 0.25) is 0 Å². The average Bonchev–Trinajstić information content (AvgIpc) is 3.12. The summed E-state index contributed by atoms with van der Waals surface area (Å²) in [6, 6.07) is 11.3. The topological polar surface area (TPSA) is 135 Å². The van der Waals surface area contributed by atoms with Crippen molar-refractivity contribution in [1.82, 2.24) is 15.1 Å². The van der Waals surface area contributed by atoms with E-state index >= 15 is 0 Å². The number of nitriles is 1. The van der Waals surface area contributed by atoms with E-state index in [1.807, 2.05) is 44.2 Å². The van der Waals surface area contributed by atoms with Crippen LogP contribution in [-0.4, -0.2) is 94.9 Å². The molecule has 0 aliphatic carbocycles. The number of nitrogens with zero attached hydrogens (tertiary/aromatic N) is 3. The molecule has 38 heavy (non-hydrogen) atoms. The Hall–Kier alpha value is -2.91. The number of hydrogen-bond donors (Lipinski definition) is 3. The van der Waals surface area contributed by atoms with Crippen LogP contribution in [0.2, 0.25) is 0 Å². The highest BCUT2D eigenvalue weighted by atomic mass is 16.6. The molecule has 2 unspecified atom stereocenters. The molecule has 4 heterocycles. The molecule has 4 atom stereocenters. The molecule has 1 aromatic rings. The van der Waals surface area contributed by atoms with Gasteiger partial charge >= 0.3 is 13.2 Å². The molecule has 5 rings (SSSR count). The number of fused-ring (bicyclic) bond motifs is 2. The number of hydrogen-bond acceptors (Lipinski definition) is 8. The van der Waals surface area contributed by atoms with Crippen molar-refractivity contribution in [3.63, 3.8) is 0 Å². The fraction of sp³-hybridized carbons (Fsp3) is 0.593. The van der Waals surface area contributed by atoms with Crippen LogP contribution in [0.1, 0.15) is 45.1 Å². The van der Waals surface area contributed by atoms with Gasteiger partial charge in [-0.05, 0) is 51.2 Å².